The molecule has 2 aromatic rings. The van der Waals surface area contributed by atoms with Gasteiger partial charge in [0.15, 0.2) is 5.58 Å². The molecule has 0 atom stereocenters. The van der Waals surface area contributed by atoms with E-state index in [-0.39, 0.29) is 6.29 Å². The summed E-state index contributed by atoms with van der Waals surface area (Å²) in [7, 11) is 0. The van der Waals surface area contributed by atoms with Crippen molar-refractivity contribution >= 4 is 17.1 Å². The van der Waals surface area contributed by atoms with Crippen molar-refractivity contribution in [1.29, 1.82) is 0 Å². The molecule has 3 rings (SSSR count). The topological polar surface area (TPSA) is 62.1 Å². The second kappa shape index (κ2) is 3.52. The Morgan fingerprint density at radius 2 is 2.07 bits per heavy atom. The molecule has 2 heterocycles. The Morgan fingerprint density at radius 3 is 2.87 bits per heavy atom. The normalized spacial score (nSPS) is 17.3. The van der Waals surface area contributed by atoms with Crippen LogP contribution in [-0.4, -0.2) is 24.4 Å². The summed E-state index contributed by atoms with van der Waals surface area (Å²) < 4.78 is 5.53. The first-order valence-corrected chi connectivity index (χ1v) is 5.01. The zero-order valence-electron chi connectivity index (χ0n) is 8.16. The quantitative estimate of drug-likeness (QED) is 0.672. The van der Waals surface area contributed by atoms with Crippen LogP contribution in [0, 0.1) is 0 Å². The van der Waals surface area contributed by atoms with Crippen molar-refractivity contribution in [3.8, 4) is 0 Å². The lowest BCUT2D eigenvalue weighted by molar-refractivity contribution is 0.556. The summed E-state index contributed by atoms with van der Waals surface area (Å²) >= 11 is 0. The van der Waals surface area contributed by atoms with Crippen LogP contribution in [0.25, 0.3) is 11.1 Å². The van der Waals surface area contributed by atoms with Crippen LogP contribution in [0.4, 0.5) is 6.01 Å². The van der Waals surface area contributed by atoms with Crippen LogP contribution in [0.5, 0.6) is 0 Å². The van der Waals surface area contributed by atoms with Gasteiger partial charge < -0.3 is 9.73 Å². The summed E-state index contributed by atoms with van der Waals surface area (Å²) in [4.78, 5) is 4.32. The second-order valence-electron chi connectivity index (χ2n) is 3.47. The molecular weight excluding hydrogens is 192 g/mol. The Balaban J connectivity index is 1.84. The molecule has 5 heteroatoms. The van der Waals surface area contributed by atoms with Gasteiger partial charge in [-0.05, 0) is 12.1 Å². The summed E-state index contributed by atoms with van der Waals surface area (Å²) in [6, 6.07) is 8.26. The van der Waals surface area contributed by atoms with Gasteiger partial charge >= 0.3 is 0 Å². The first-order chi connectivity index (χ1) is 7.42. The van der Waals surface area contributed by atoms with E-state index in [4.69, 9.17) is 4.42 Å². The third-order valence-corrected chi connectivity index (χ3v) is 2.38. The van der Waals surface area contributed by atoms with E-state index in [9.17, 15) is 0 Å². The molecular formula is C10H12N4O. The lowest BCUT2D eigenvalue weighted by Gasteiger charge is -2.09. The van der Waals surface area contributed by atoms with Crippen molar-refractivity contribution in [3.63, 3.8) is 0 Å². The summed E-state index contributed by atoms with van der Waals surface area (Å²) in [6.45, 7) is 1.91. The average molecular weight is 204 g/mol. The van der Waals surface area contributed by atoms with E-state index in [0.29, 0.717) is 6.01 Å². The van der Waals surface area contributed by atoms with Gasteiger partial charge in [-0.2, -0.15) is 4.98 Å². The van der Waals surface area contributed by atoms with Gasteiger partial charge in [0.25, 0.3) is 6.01 Å². The molecule has 5 nitrogen and oxygen atoms in total. The van der Waals surface area contributed by atoms with E-state index in [1.807, 2.05) is 24.3 Å². The van der Waals surface area contributed by atoms with Crippen LogP contribution in [0.15, 0.2) is 28.7 Å². The Hall–Kier alpha value is -1.59. The first kappa shape index (κ1) is 8.70. The summed E-state index contributed by atoms with van der Waals surface area (Å²) in [5.41, 5.74) is 1.68. The molecule has 0 saturated carbocycles. The van der Waals surface area contributed by atoms with E-state index in [1.54, 1.807) is 0 Å². The van der Waals surface area contributed by atoms with Gasteiger partial charge in [0, 0.05) is 13.1 Å². The molecule has 1 aromatic carbocycles. The average Bonchev–Trinajstić information content (AvgIpc) is 2.86. The standard InChI is InChI=1S/C10H12N4O/c1-2-4-8-7(3-1)13-10(15-8)14-9-11-5-6-12-9/h1-4,9,11-12H,5-6H2,(H,13,14). The molecule has 1 aliphatic heterocycles. The summed E-state index contributed by atoms with van der Waals surface area (Å²) in [5, 5.41) is 9.58. The fourth-order valence-corrected chi connectivity index (χ4v) is 1.66. The molecule has 3 N–H and O–H groups in total. The molecule has 1 aromatic heterocycles. The predicted octanol–water partition coefficient (Wildman–Crippen LogP) is 0.716. The number of nitrogens with one attached hydrogen (secondary N) is 3. The number of fused-ring (bicyclic) bond motifs is 1. The Kier molecular flexibility index (Phi) is 2.04. The maximum absolute atomic E-state index is 5.53. The number of nitrogens with zero attached hydrogens (tertiary/aromatic N) is 1. The van der Waals surface area contributed by atoms with Crippen molar-refractivity contribution in [3.05, 3.63) is 24.3 Å². The number of oxazole rings is 1. The smallest absolute Gasteiger partial charge is 0.297 e. The van der Waals surface area contributed by atoms with E-state index < -0.39 is 0 Å². The number of hydrogen-bond acceptors (Lipinski definition) is 5. The van der Waals surface area contributed by atoms with Gasteiger partial charge in [-0.25, -0.2) is 0 Å². The molecule has 1 fully saturated rings. The predicted molar refractivity (Wildman–Crippen MR) is 57.4 cm³/mol. The van der Waals surface area contributed by atoms with E-state index >= 15 is 0 Å². The molecule has 0 aliphatic carbocycles. The minimum atomic E-state index is 0.0538. The van der Waals surface area contributed by atoms with Crippen molar-refractivity contribution in [1.82, 2.24) is 15.6 Å². The molecule has 78 valence electrons. The zero-order valence-corrected chi connectivity index (χ0v) is 8.16. The van der Waals surface area contributed by atoms with Gasteiger partial charge in [0.05, 0.1) is 0 Å². The number of benzene rings is 1. The highest BCUT2D eigenvalue weighted by molar-refractivity contribution is 5.74. The van der Waals surface area contributed by atoms with Crippen molar-refractivity contribution < 1.29 is 4.42 Å². The number of hydrogen-bond donors (Lipinski definition) is 3. The zero-order chi connectivity index (χ0) is 10.1. The minimum absolute atomic E-state index is 0.0538. The van der Waals surface area contributed by atoms with Crippen LogP contribution in [0.3, 0.4) is 0 Å². The van der Waals surface area contributed by atoms with Crippen molar-refractivity contribution in [2.75, 3.05) is 18.4 Å². The largest absolute Gasteiger partial charge is 0.424 e. The van der Waals surface area contributed by atoms with Gasteiger partial charge in [0.2, 0.25) is 0 Å². The highest BCUT2D eigenvalue weighted by Crippen LogP contribution is 2.18. The number of para-hydroxylation sites is 2. The minimum Gasteiger partial charge on any atom is -0.424 e. The molecule has 1 aliphatic rings. The fourth-order valence-electron chi connectivity index (χ4n) is 1.66. The summed E-state index contributed by atoms with van der Waals surface area (Å²) in [6.07, 6.45) is 0.0538. The lowest BCUT2D eigenvalue weighted by atomic mass is 10.3. The van der Waals surface area contributed by atoms with E-state index in [2.05, 4.69) is 20.9 Å². The molecule has 0 bridgehead atoms. The van der Waals surface area contributed by atoms with Crippen molar-refractivity contribution in [2.24, 2.45) is 0 Å². The van der Waals surface area contributed by atoms with Gasteiger partial charge in [-0.1, -0.05) is 12.1 Å². The third kappa shape index (κ3) is 1.67. The van der Waals surface area contributed by atoms with Gasteiger partial charge in [-0.15, -0.1) is 0 Å². The monoisotopic (exact) mass is 204 g/mol. The molecule has 0 radical (unpaired) electrons. The van der Waals surface area contributed by atoms with Crippen LogP contribution in [-0.2, 0) is 0 Å². The SMILES string of the molecule is c1ccc2oc(NC3NCCN3)nc2c1. The van der Waals surface area contributed by atoms with Crippen molar-refractivity contribution in [2.45, 2.75) is 6.29 Å². The highest BCUT2D eigenvalue weighted by atomic mass is 16.4. The van der Waals surface area contributed by atoms with Crippen LogP contribution in [0.1, 0.15) is 0 Å². The third-order valence-electron chi connectivity index (χ3n) is 2.38. The van der Waals surface area contributed by atoms with Crippen LogP contribution < -0.4 is 16.0 Å². The van der Waals surface area contributed by atoms with Gasteiger partial charge in [0.1, 0.15) is 11.8 Å². The molecule has 0 spiro atoms. The van der Waals surface area contributed by atoms with Crippen LogP contribution >= 0.6 is 0 Å². The van der Waals surface area contributed by atoms with Gasteiger partial charge in [-0.3, -0.25) is 10.6 Å². The molecule has 0 unspecified atom stereocenters. The number of anilines is 1. The highest BCUT2D eigenvalue weighted by Gasteiger charge is 2.14. The Bertz CT molecular complexity index is 428. The maximum atomic E-state index is 5.53. The maximum Gasteiger partial charge on any atom is 0.297 e. The Morgan fingerprint density at radius 1 is 1.27 bits per heavy atom. The molecule has 15 heavy (non-hydrogen) atoms. The summed E-state index contributed by atoms with van der Waals surface area (Å²) in [5.74, 6) is 0. The molecule has 1 saturated heterocycles. The first-order valence-electron chi connectivity index (χ1n) is 5.01. The number of aromatic nitrogens is 1. The number of rotatable bonds is 2. The fraction of sp³-hybridized carbons (Fsp3) is 0.300. The second-order valence-corrected chi connectivity index (χ2v) is 3.47. The molecule has 0 amide bonds. The lowest BCUT2D eigenvalue weighted by Crippen LogP contribution is -2.38. The Labute approximate surface area is 86.9 Å². The van der Waals surface area contributed by atoms with E-state index in [1.165, 1.54) is 0 Å². The van der Waals surface area contributed by atoms with Crippen LogP contribution in [0.2, 0.25) is 0 Å². The van der Waals surface area contributed by atoms with E-state index in [0.717, 1.165) is 24.2 Å².